The summed E-state index contributed by atoms with van der Waals surface area (Å²) in [5.41, 5.74) is 7.40. The summed E-state index contributed by atoms with van der Waals surface area (Å²) in [4.78, 5) is 33.3. The van der Waals surface area contributed by atoms with Crippen molar-refractivity contribution in [1.82, 2.24) is 24.7 Å². The number of nitrogens with two attached hydrogens (primary N) is 1. The third-order valence-electron chi connectivity index (χ3n) is 6.55. The zero-order valence-corrected chi connectivity index (χ0v) is 19.8. The summed E-state index contributed by atoms with van der Waals surface area (Å²) < 4.78 is 7.08. The highest BCUT2D eigenvalue weighted by molar-refractivity contribution is 5.88. The fourth-order valence-corrected chi connectivity index (χ4v) is 4.50. The van der Waals surface area contributed by atoms with Crippen molar-refractivity contribution in [3.63, 3.8) is 0 Å². The van der Waals surface area contributed by atoms with E-state index in [4.69, 9.17) is 10.5 Å². The van der Waals surface area contributed by atoms with E-state index in [1.807, 2.05) is 18.2 Å². The lowest BCUT2D eigenvalue weighted by molar-refractivity contribution is 0.204. The van der Waals surface area contributed by atoms with Crippen LogP contribution in [0.5, 0.6) is 5.75 Å². The second-order valence-corrected chi connectivity index (χ2v) is 8.91. The predicted octanol–water partition coefficient (Wildman–Crippen LogP) is 1.03. The van der Waals surface area contributed by atoms with Crippen molar-refractivity contribution in [2.24, 2.45) is 5.73 Å². The number of nitrogens with zero attached hydrogens (tertiary/aromatic N) is 4. The van der Waals surface area contributed by atoms with Crippen molar-refractivity contribution in [2.75, 3.05) is 58.2 Å². The number of urea groups is 1. The lowest BCUT2D eigenvalue weighted by Gasteiger charge is -2.27. The van der Waals surface area contributed by atoms with Gasteiger partial charge < -0.3 is 25.6 Å². The first-order valence-electron chi connectivity index (χ1n) is 12.0. The second kappa shape index (κ2) is 11.5. The maximum absolute atomic E-state index is 12.7. The molecule has 1 unspecified atom stereocenters. The highest BCUT2D eigenvalue weighted by Gasteiger charge is 2.18. The van der Waals surface area contributed by atoms with E-state index in [-0.39, 0.29) is 11.8 Å². The molecule has 2 amide bonds. The Morgan fingerprint density at radius 3 is 2.79 bits per heavy atom. The Hall–Kier alpha value is -2.95. The van der Waals surface area contributed by atoms with Crippen LogP contribution in [-0.4, -0.2) is 84.3 Å². The van der Waals surface area contributed by atoms with E-state index in [1.165, 1.54) is 4.57 Å². The molecule has 0 radical (unpaired) electrons. The Bertz CT molecular complexity index is 1040. The third kappa shape index (κ3) is 6.13. The molecule has 184 valence electrons. The van der Waals surface area contributed by atoms with E-state index < -0.39 is 5.69 Å². The molecule has 3 heterocycles. The fraction of sp³-hybridized carbons (Fsp3) is 0.542. The molecule has 2 aliphatic rings. The first-order chi connectivity index (χ1) is 16.5. The Morgan fingerprint density at radius 2 is 2.03 bits per heavy atom. The van der Waals surface area contributed by atoms with Gasteiger partial charge in [0.15, 0.2) is 0 Å². The second-order valence-electron chi connectivity index (χ2n) is 8.91. The smallest absolute Gasteiger partial charge is 0.354 e. The molecule has 34 heavy (non-hydrogen) atoms. The van der Waals surface area contributed by atoms with Gasteiger partial charge in [0.2, 0.25) is 0 Å². The fourth-order valence-electron chi connectivity index (χ4n) is 4.50. The van der Waals surface area contributed by atoms with Crippen molar-refractivity contribution in [3.8, 4) is 11.4 Å². The van der Waals surface area contributed by atoms with Gasteiger partial charge in [-0.3, -0.25) is 9.88 Å². The van der Waals surface area contributed by atoms with Crippen LogP contribution >= 0.6 is 0 Å². The number of benzene rings is 1. The molecule has 2 aromatic rings. The van der Waals surface area contributed by atoms with Gasteiger partial charge in [0.1, 0.15) is 11.6 Å². The molecule has 0 spiro atoms. The molecular formula is C24H35N7O3. The van der Waals surface area contributed by atoms with Crippen molar-refractivity contribution < 1.29 is 9.53 Å². The molecule has 4 rings (SSSR count). The van der Waals surface area contributed by atoms with Crippen LogP contribution in [0.25, 0.3) is 5.69 Å². The maximum atomic E-state index is 12.7. The van der Waals surface area contributed by atoms with E-state index in [0.717, 1.165) is 69.7 Å². The van der Waals surface area contributed by atoms with Crippen molar-refractivity contribution in [2.45, 2.75) is 31.7 Å². The standard InChI is InChI=1S/C24H35N7O3/c1-34-21-17-20(5-4-18(21)6-12-29-11-2-3-19(25)7-13-29)31-14-8-22(28-24(31)33)27-23(32)30-15-9-26-10-16-30/h4-5,8,14,17,19,26H,2-3,6-7,9-13,15-16,25H2,1H3,(H,27,28,32,33). The maximum Gasteiger partial charge on any atom is 0.354 e. The van der Waals surface area contributed by atoms with E-state index in [9.17, 15) is 9.59 Å². The zero-order chi connectivity index (χ0) is 23.9. The van der Waals surface area contributed by atoms with Crippen LogP contribution in [0.4, 0.5) is 10.6 Å². The summed E-state index contributed by atoms with van der Waals surface area (Å²) in [6, 6.07) is 7.46. The lowest BCUT2D eigenvalue weighted by Crippen LogP contribution is -2.48. The van der Waals surface area contributed by atoms with Crippen LogP contribution in [0.2, 0.25) is 0 Å². The van der Waals surface area contributed by atoms with Gasteiger partial charge in [0.25, 0.3) is 0 Å². The molecular weight excluding hydrogens is 434 g/mol. The summed E-state index contributed by atoms with van der Waals surface area (Å²) >= 11 is 0. The van der Waals surface area contributed by atoms with Crippen LogP contribution in [0.15, 0.2) is 35.3 Å². The number of anilines is 1. The molecule has 10 heteroatoms. The van der Waals surface area contributed by atoms with Crippen LogP contribution in [0, 0.1) is 0 Å². The van der Waals surface area contributed by atoms with E-state index >= 15 is 0 Å². The quantitative estimate of drug-likeness (QED) is 0.578. The number of likely N-dealkylation sites (tertiary alicyclic amines) is 1. The SMILES string of the molecule is COc1cc(-n2ccc(NC(=O)N3CCNCC3)nc2=O)ccc1CCN1CCCC(N)CC1. The number of piperazine rings is 1. The van der Waals surface area contributed by atoms with Gasteiger partial charge in [-0.05, 0) is 56.5 Å². The number of amides is 2. The minimum atomic E-state index is -0.464. The van der Waals surface area contributed by atoms with Crippen LogP contribution in [-0.2, 0) is 6.42 Å². The Morgan fingerprint density at radius 1 is 1.21 bits per heavy atom. The van der Waals surface area contributed by atoms with Crippen LogP contribution < -0.4 is 26.8 Å². The molecule has 1 aromatic carbocycles. The molecule has 1 aromatic heterocycles. The Balaban J connectivity index is 1.42. The normalized spacial score (nSPS) is 19.5. The summed E-state index contributed by atoms with van der Waals surface area (Å²) in [5, 5.41) is 5.92. The highest BCUT2D eigenvalue weighted by atomic mass is 16.5. The lowest BCUT2D eigenvalue weighted by atomic mass is 10.1. The minimum Gasteiger partial charge on any atom is -0.496 e. The number of carbonyl (C=O) groups is 1. The van der Waals surface area contributed by atoms with E-state index in [2.05, 4.69) is 20.5 Å². The molecule has 2 saturated heterocycles. The number of ether oxygens (including phenoxy) is 1. The van der Waals surface area contributed by atoms with Crippen LogP contribution in [0.1, 0.15) is 24.8 Å². The van der Waals surface area contributed by atoms with Gasteiger partial charge in [-0.1, -0.05) is 6.07 Å². The summed E-state index contributed by atoms with van der Waals surface area (Å²) in [6.45, 7) is 5.82. The number of methoxy groups -OCH3 is 1. The first-order valence-corrected chi connectivity index (χ1v) is 12.0. The number of hydrogen-bond donors (Lipinski definition) is 3. The average Bonchev–Trinajstić information content (AvgIpc) is 3.07. The largest absolute Gasteiger partial charge is 0.496 e. The Labute approximate surface area is 200 Å². The highest BCUT2D eigenvalue weighted by Crippen LogP contribution is 2.23. The van der Waals surface area contributed by atoms with E-state index in [1.54, 1.807) is 24.3 Å². The molecule has 2 fully saturated rings. The predicted molar refractivity (Wildman–Crippen MR) is 132 cm³/mol. The van der Waals surface area contributed by atoms with Crippen molar-refractivity contribution in [3.05, 3.63) is 46.5 Å². The number of aromatic nitrogens is 2. The number of carbonyl (C=O) groups excluding carboxylic acids is 1. The minimum absolute atomic E-state index is 0.241. The van der Waals surface area contributed by atoms with E-state index in [0.29, 0.717) is 24.8 Å². The topological polar surface area (TPSA) is 118 Å². The van der Waals surface area contributed by atoms with Crippen LogP contribution in [0.3, 0.4) is 0 Å². The number of nitrogens with one attached hydrogen (secondary N) is 2. The monoisotopic (exact) mass is 469 g/mol. The van der Waals surface area contributed by atoms with Gasteiger partial charge in [-0.15, -0.1) is 0 Å². The molecule has 0 aliphatic carbocycles. The molecule has 2 aliphatic heterocycles. The molecule has 10 nitrogen and oxygen atoms in total. The molecule has 1 atom stereocenters. The Kier molecular flexibility index (Phi) is 8.15. The summed E-state index contributed by atoms with van der Waals surface area (Å²) in [6.07, 6.45) is 5.76. The number of rotatable bonds is 6. The van der Waals surface area contributed by atoms with Gasteiger partial charge in [0.05, 0.1) is 12.8 Å². The molecule has 0 bridgehead atoms. The van der Waals surface area contributed by atoms with Gasteiger partial charge in [0, 0.05) is 51.0 Å². The molecule has 4 N–H and O–H groups in total. The summed E-state index contributed by atoms with van der Waals surface area (Å²) in [5.74, 6) is 0.984. The number of hydrogen-bond acceptors (Lipinski definition) is 7. The van der Waals surface area contributed by atoms with Crippen molar-refractivity contribution >= 4 is 11.8 Å². The van der Waals surface area contributed by atoms with Crippen molar-refractivity contribution in [1.29, 1.82) is 0 Å². The van der Waals surface area contributed by atoms with Gasteiger partial charge in [-0.2, -0.15) is 4.98 Å². The first kappa shape index (κ1) is 24.2. The molecule has 0 saturated carbocycles. The average molecular weight is 470 g/mol. The zero-order valence-electron chi connectivity index (χ0n) is 19.8. The van der Waals surface area contributed by atoms with Gasteiger partial charge >= 0.3 is 11.7 Å². The summed E-state index contributed by atoms with van der Waals surface area (Å²) in [7, 11) is 1.64. The third-order valence-corrected chi connectivity index (χ3v) is 6.55. The van der Waals surface area contributed by atoms with Gasteiger partial charge in [-0.25, -0.2) is 9.59 Å².